The zero-order valence-electron chi connectivity index (χ0n) is 12.7. The zero-order valence-corrected chi connectivity index (χ0v) is 12.7. The first kappa shape index (κ1) is 16.3. The average Bonchev–Trinajstić information content (AvgIpc) is 2.37. The van der Waals surface area contributed by atoms with Crippen molar-refractivity contribution in [1.82, 2.24) is 0 Å². The van der Waals surface area contributed by atoms with Crippen LogP contribution < -0.4 is 0 Å². The van der Waals surface area contributed by atoms with Gasteiger partial charge in [0.15, 0.2) is 0 Å². The van der Waals surface area contributed by atoms with Gasteiger partial charge in [0.05, 0.1) is 11.7 Å². The molecule has 1 aromatic rings. The Hall–Kier alpha value is -1.03. The van der Waals surface area contributed by atoms with Gasteiger partial charge >= 0.3 is 6.18 Å². The van der Waals surface area contributed by atoms with Crippen LogP contribution in [0.15, 0.2) is 24.3 Å². The molecule has 21 heavy (non-hydrogen) atoms. The predicted molar refractivity (Wildman–Crippen MR) is 77.0 cm³/mol. The van der Waals surface area contributed by atoms with Gasteiger partial charge in [-0.3, -0.25) is 0 Å². The molecule has 118 valence electrons. The zero-order chi connectivity index (χ0) is 15.8. The molecule has 4 heteroatoms. The van der Waals surface area contributed by atoms with Crippen LogP contribution in [0.2, 0.25) is 0 Å². The van der Waals surface area contributed by atoms with Gasteiger partial charge in [-0.1, -0.05) is 45.4 Å². The number of hydrogen-bond acceptors (Lipinski definition) is 1. The molecule has 0 aliphatic heterocycles. The molecule has 0 bridgehead atoms. The maximum Gasteiger partial charge on any atom is 0.416 e. The average molecular weight is 300 g/mol. The lowest BCUT2D eigenvalue weighted by Crippen LogP contribution is -2.41. The Labute approximate surface area is 124 Å². The Morgan fingerprint density at radius 1 is 1.10 bits per heavy atom. The molecular formula is C17H23F3O. The summed E-state index contributed by atoms with van der Waals surface area (Å²) in [6.45, 7) is 5.98. The molecule has 0 saturated heterocycles. The van der Waals surface area contributed by atoms with Gasteiger partial charge in [0.25, 0.3) is 0 Å². The third kappa shape index (κ3) is 3.42. The summed E-state index contributed by atoms with van der Waals surface area (Å²) in [6, 6.07) is 5.52. The van der Waals surface area contributed by atoms with Gasteiger partial charge in [0, 0.05) is 0 Å². The standard InChI is InChI=1S/C17H23F3O/c1-11-7-8-14(15(21)9-11)16(2,3)12-5-4-6-13(10-12)17(18,19)20/h4-6,10-11,14-15,21H,7-9H2,1-3H3. The molecule has 3 atom stereocenters. The maximum atomic E-state index is 12.9. The molecule has 0 radical (unpaired) electrons. The fraction of sp³-hybridized carbons (Fsp3) is 0.647. The summed E-state index contributed by atoms with van der Waals surface area (Å²) in [4.78, 5) is 0. The number of rotatable bonds is 2. The lowest BCUT2D eigenvalue weighted by Gasteiger charge is -2.42. The van der Waals surface area contributed by atoms with Crippen LogP contribution in [0, 0.1) is 11.8 Å². The van der Waals surface area contributed by atoms with E-state index in [2.05, 4.69) is 6.92 Å². The number of benzene rings is 1. The summed E-state index contributed by atoms with van der Waals surface area (Å²) in [6.07, 6.45) is -2.17. The number of halogens is 3. The summed E-state index contributed by atoms with van der Waals surface area (Å²) in [7, 11) is 0. The smallest absolute Gasteiger partial charge is 0.393 e. The Balaban J connectivity index is 2.31. The number of hydrogen-bond donors (Lipinski definition) is 1. The Morgan fingerprint density at radius 2 is 1.71 bits per heavy atom. The summed E-state index contributed by atoms with van der Waals surface area (Å²) in [5, 5.41) is 10.3. The van der Waals surface area contributed by atoms with Crippen molar-refractivity contribution < 1.29 is 18.3 Å². The maximum absolute atomic E-state index is 12.9. The molecule has 1 fully saturated rings. The summed E-state index contributed by atoms with van der Waals surface area (Å²) in [5.41, 5.74) is -0.441. The minimum atomic E-state index is -4.33. The first-order chi connectivity index (χ1) is 9.62. The summed E-state index contributed by atoms with van der Waals surface area (Å²) >= 11 is 0. The second-order valence-corrected chi connectivity index (χ2v) is 6.89. The molecule has 0 heterocycles. The van der Waals surface area contributed by atoms with Crippen molar-refractivity contribution in [2.24, 2.45) is 11.8 Å². The van der Waals surface area contributed by atoms with Crippen molar-refractivity contribution >= 4 is 0 Å². The molecule has 1 aliphatic rings. The van der Waals surface area contributed by atoms with E-state index in [1.807, 2.05) is 13.8 Å². The van der Waals surface area contributed by atoms with E-state index >= 15 is 0 Å². The normalized spacial score (nSPS) is 27.7. The SMILES string of the molecule is CC1CCC(C(C)(C)c2cccc(C(F)(F)F)c2)C(O)C1. The molecule has 0 spiro atoms. The highest BCUT2D eigenvalue weighted by molar-refractivity contribution is 5.31. The van der Waals surface area contributed by atoms with Crippen LogP contribution in [0.4, 0.5) is 13.2 Å². The molecule has 1 nitrogen and oxygen atoms in total. The highest BCUT2D eigenvalue weighted by Gasteiger charge is 2.40. The van der Waals surface area contributed by atoms with Crippen LogP contribution in [0.1, 0.15) is 51.2 Å². The Bertz CT molecular complexity index is 493. The quantitative estimate of drug-likeness (QED) is 0.833. The largest absolute Gasteiger partial charge is 0.416 e. The van der Waals surface area contributed by atoms with E-state index in [1.165, 1.54) is 12.1 Å². The minimum absolute atomic E-state index is 0.00261. The summed E-state index contributed by atoms with van der Waals surface area (Å²) < 4.78 is 38.6. The van der Waals surface area contributed by atoms with Crippen molar-refractivity contribution in [3.05, 3.63) is 35.4 Å². The van der Waals surface area contributed by atoms with Gasteiger partial charge in [-0.2, -0.15) is 13.2 Å². The first-order valence-corrected chi connectivity index (χ1v) is 7.48. The van der Waals surface area contributed by atoms with E-state index < -0.39 is 23.3 Å². The summed E-state index contributed by atoms with van der Waals surface area (Å²) in [5.74, 6) is 0.478. The van der Waals surface area contributed by atoms with Crippen LogP contribution in [-0.4, -0.2) is 11.2 Å². The van der Waals surface area contributed by atoms with Crippen LogP contribution in [0.25, 0.3) is 0 Å². The van der Waals surface area contributed by atoms with Gasteiger partial charge in [0.2, 0.25) is 0 Å². The molecule has 0 amide bonds. The second kappa shape index (κ2) is 5.64. The van der Waals surface area contributed by atoms with Gasteiger partial charge in [0.1, 0.15) is 0 Å². The molecular weight excluding hydrogens is 277 g/mol. The molecule has 2 rings (SSSR count). The van der Waals surface area contributed by atoms with Crippen molar-refractivity contribution in [2.45, 2.75) is 57.7 Å². The molecule has 0 aromatic heterocycles. The van der Waals surface area contributed by atoms with Crippen LogP contribution in [0.3, 0.4) is 0 Å². The molecule has 1 saturated carbocycles. The number of aliphatic hydroxyl groups is 1. The van der Waals surface area contributed by atoms with E-state index in [4.69, 9.17) is 0 Å². The topological polar surface area (TPSA) is 20.2 Å². The number of alkyl halides is 3. The molecule has 1 aromatic carbocycles. The fourth-order valence-electron chi connectivity index (χ4n) is 3.50. The van der Waals surface area contributed by atoms with Crippen molar-refractivity contribution in [1.29, 1.82) is 0 Å². The van der Waals surface area contributed by atoms with E-state index in [0.717, 1.165) is 25.3 Å². The van der Waals surface area contributed by atoms with Gasteiger partial charge in [-0.25, -0.2) is 0 Å². The van der Waals surface area contributed by atoms with E-state index in [1.54, 1.807) is 6.07 Å². The Morgan fingerprint density at radius 3 is 2.29 bits per heavy atom. The van der Waals surface area contributed by atoms with Crippen molar-refractivity contribution in [2.75, 3.05) is 0 Å². The minimum Gasteiger partial charge on any atom is -0.393 e. The van der Waals surface area contributed by atoms with Crippen LogP contribution in [0.5, 0.6) is 0 Å². The van der Waals surface area contributed by atoms with Gasteiger partial charge < -0.3 is 5.11 Å². The van der Waals surface area contributed by atoms with E-state index in [-0.39, 0.29) is 5.92 Å². The van der Waals surface area contributed by atoms with Crippen molar-refractivity contribution in [3.8, 4) is 0 Å². The highest BCUT2D eigenvalue weighted by atomic mass is 19.4. The van der Waals surface area contributed by atoms with Crippen LogP contribution >= 0.6 is 0 Å². The third-order valence-electron chi connectivity index (χ3n) is 4.94. The third-order valence-corrected chi connectivity index (χ3v) is 4.94. The lowest BCUT2D eigenvalue weighted by molar-refractivity contribution is -0.137. The van der Waals surface area contributed by atoms with Crippen LogP contribution in [-0.2, 0) is 11.6 Å². The Kier molecular flexibility index (Phi) is 4.39. The van der Waals surface area contributed by atoms with Crippen molar-refractivity contribution in [3.63, 3.8) is 0 Å². The predicted octanol–water partition coefficient (Wildman–Crippen LogP) is 4.78. The van der Waals surface area contributed by atoms with E-state index in [0.29, 0.717) is 11.5 Å². The van der Waals surface area contributed by atoms with Gasteiger partial charge in [-0.05, 0) is 41.7 Å². The first-order valence-electron chi connectivity index (χ1n) is 7.48. The highest BCUT2D eigenvalue weighted by Crippen LogP contribution is 2.43. The lowest BCUT2D eigenvalue weighted by atomic mass is 9.64. The van der Waals surface area contributed by atoms with E-state index in [9.17, 15) is 18.3 Å². The second-order valence-electron chi connectivity index (χ2n) is 6.89. The molecule has 1 aliphatic carbocycles. The molecule has 3 unspecified atom stereocenters. The monoisotopic (exact) mass is 300 g/mol. The number of aliphatic hydroxyl groups excluding tert-OH is 1. The molecule has 1 N–H and O–H groups in total. The van der Waals surface area contributed by atoms with Gasteiger partial charge in [-0.15, -0.1) is 0 Å². The fourth-order valence-corrected chi connectivity index (χ4v) is 3.50.